The highest BCUT2D eigenvalue weighted by Gasteiger charge is 2.27. The van der Waals surface area contributed by atoms with E-state index in [1.54, 1.807) is 0 Å². The van der Waals surface area contributed by atoms with Gasteiger partial charge in [0.05, 0.1) is 15.5 Å². The predicted molar refractivity (Wildman–Crippen MR) is 107 cm³/mol. The molecule has 1 amide bonds. The number of nitrogens with one attached hydrogen (secondary N) is 1. The lowest BCUT2D eigenvalue weighted by Gasteiger charge is -2.26. The van der Waals surface area contributed by atoms with Crippen molar-refractivity contribution < 1.29 is 22.7 Å². The number of benzene rings is 1. The number of hydrogen-bond donors (Lipinski definition) is 1. The van der Waals surface area contributed by atoms with Crippen molar-refractivity contribution in [3.8, 4) is 0 Å². The monoisotopic (exact) mass is 430 g/mol. The summed E-state index contributed by atoms with van der Waals surface area (Å²) in [4.78, 5) is 24.2. The number of carbonyl (C=O) groups excluding carboxylic acids is 2. The molecule has 0 spiro atoms. The van der Waals surface area contributed by atoms with Gasteiger partial charge in [0.2, 0.25) is 10.0 Å². The molecule has 1 saturated heterocycles. The summed E-state index contributed by atoms with van der Waals surface area (Å²) in [5.74, 6) is -1.25. The lowest BCUT2D eigenvalue weighted by Crippen LogP contribution is -2.36. The fourth-order valence-electron chi connectivity index (χ4n) is 3.11. The lowest BCUT2D eigenvalue weighted by atomic mass is 10.2. The molecule has 0 radical (unpaired) electrons. The minimum Gasteiger partial charge on any atom is -0.452 e. The normalized spacial score (nSPS) is 16.4. The molecule has 1 aromatic carbocycles. The molecule has 1 aromatic rings. The maximum atomic E-state index is 12.8. The first kappa shape index (κ1) is 22.6. The molecule has 1 fully saturated rings. The van der Waals surface area contributed by atoms with E-state index in [2.05, 4.69) is 5.32 Å². The number of esters is 1. The van der Waals surface area contributed by atoms with Gasteiger partial charge in [0, 0.05) is 19.1 Å². The Labute approximate surface area is 171 Å². The van der Waals surface area contributed by atoms with E-state index in [0.29, 0.717) is 13.1 Å². The molecule has 1 atom stereocenters. The highest BCUT2D eigenvalue weighted by molar-refractivity contribution is 7.89. The SMILES string of the molecule is CCC[C@@H](C)NC(=O)COC(=O)c1cc(S(=O)(=O)N2CCCCC2)ccc1Cl. The van der Waals surface area contributed by atoms with Gasteiger partial charge in [-0.1, -0.05) is 31.4 Å². The number of piperidine rings is 1. The second-order valence-corrected chi connectivity index (χ2v) is 9.28. The number of sulfonamides is 1. The van der Waals surface area contributed by atoms with Crippen molar-refractivity contribution in [3.63, 3.8) is 0 Å². The van der Waals surface area contributed by atoms with Crippen LogP contribution in [-0.4, -0.2) is 50.3 Å². The van der Waals surface area contributed by atoms with E-state index in [1.807, 2.05) is 13.8 Å². The third-order valence-corrected chi connectivity index (χ3v) is 6.80. The fourth-order valence-corrected chi connectivity index (χ4v) is 4.84. The van der Waals surface area contributed by atoms with Crippen LogP contribution in [0.25, 0.3) is 0 Å². The topological polar surface area (TPSA) is 92.8 Å². The van der Waals surface area contributed by atoms with Crippen LogP contribution in [0.1, 0.15) is 56.3 Å². The Balaban J connectivity index is 2.08. The van der Waals surface area contributed by atoms with Gasteiger partial charge in [0.15, 0.2) is 6.61 Å². The average Bonchev–Trinajstić information content (AvgIpc) is 2.67. The third kappa shape index (κ3) is 5.93. The van der Waals surface area contributed by atoms with E-state index < -0.39 is 28.5 Å². The first-order valence-corrected chi connectivity index (χ1v) is 11.3. The Bertz CT molecular complexity index is 807. The molecule has 7 nitrogen and oxygen atoms in total. The highest BCUT2D eigenvalue weighted by Crippen LogP contribution is 2.25. The summed E-state index contributed by atoms with van der Waals surface area (Å²) in [5.41, 5.74) is -0.0749. The van der Waals surface area contributed by atoms with Crippen LogP contribution in [0.5, 0.6) is 0 Å². The minimum absolute atomic E-state index is 0.00762. The maximum Gasteiger partial charge on any atom is 0.340 e. The van der Waals surface area contributed by atoms with Crippen LogP contribution in [0, 0.1) is 0 Å². The molecule has 1 heterocycles. The molecule has 2 rings (SSSR count). The molecule has 1 aliphatic heterocycles. The van der Waals surface area contributed by atoms with Crippen LogP contribution in [-0.2, 0) is 19.6 Å². The Hall–Kier alpha value is -1.64. The van der Waals surface area contributed by atoms with Gasteiger partial charge >= 0.3 is 5.97 Å². The van der Waals surface area contributed by atoms with E-state index >= 15 is 0 Å². The second-order valence-electron chi connectivity index (χ2n) is 6.94. The number of rotatable bonds is 8. The number of hydrogen-bond acceptors (Lipinski definition) is 5. The van der Waals surface area contributed by atoms with Crippen LogP contribution in [0.2, 0.25) is 5.02 Å². The quantitative estimate of drug-likeness (QED) is 0.640. The summed E-state index contributed by atoms with van der Waals surface area (Å²) < 4.78 is 32.0. The smallest absolute Gasteiger partial charge is 0.340 e. The van der Waals surface area contributed by atoms with Crippen molar-refractivity contribution in [1.29, 1.82) is 0 Å². The summed E-state index contributed by atoms with van der Waals surface area (Å²) in [5, 5.41) is 2.80. The Morgan fingerprint density at radius 1 is 1.25 bits per heavy atom. The van der Waals surface area contributed by atoms with E-state index in [-0.39, 0.29) is 21.5 Å². The molecule has 28 heavy (non-hydrogen) atoms. The molecule has 0 aliphatic carbocycles. The molecule has 9 heteroatoms. The summed E-state index contributed by atoms with van der Waals surface area (Å²) in [6, 6.07) is 3.94. The molecule has 0 aromatic heterocycles. The Morgan fingerprint density at radius 3 is 2.57 bits per heavy atom. The van der Waals surface area contributed by atoms with Crippen LogP contribution in [0.15, 0.2) is 23.1 Å². The summed E-state index contributed by atoms with van der Waals surface area (Å²) in [7, 11) is -3.70. The lowest BCUT2D eigenvalue weighted by molar-refractivity contribution is -0.124. The molecule has 0 bridgehead atoms. The highest BCUT2D eigenvalue weighted by atomic mass is 35.5. The summed E-state index contributed by atoms with van der Waals surface area (Å²) >= 11 is 6.06. The number of halogens is 1. The van der Waals surface area contributed by atoms with Crippen LogP contribution in [0.3, 0.4) is 0 Å². The van der Waals surface area contributed by atoms with Gasteiger partial charge in [-0.15, -0.1) is 0 Å². The number of carbonyl (C=O) groups is 2. The van der Waals surface area contributed by atoms with Crippen molar-refractivity contribution in [1.82, 2.24) is 9.62 Å². The fraction of sp³-hybridized carbons (Fsp3) is 0.579. The van der Waals surface area contributed by atoms with E-state index in [1.165, 1.54) is 22.5 Å². The van der Waals surface area contributed by atoms with Crippen molar-refractivity contribution in [3.05, 3.63) is 28.8 Å². The summed E-state index contributed by atoms with van der Waals surface area (Å²) in [6.45, 7) is 4.35. The molecular weight excluding hydrogens is 404 g/mol. The zero-order chi connectivity index (χ0) is 20.7. The molecule has 0 saturated carbocycles. The summed E-state index contributed by atoms with van der Waals surface area (Å²) in [6.07, 6.45) is 4.38. The van der Waals surface area contributed by atoms with Gasteiger partial charge in [-0.25, -0.2) is 13.2 Å². The minimum atomic E-state index is -3.70. The zero-order valence-corrected chi connectivity index (χ0v) is 17.8. The van der Waals surface area contributed by atoms with Crippen molar-refractivity contribution >= 4 is 33.5 Å². The average molecular weight is 431 g/mol. The van der Waals surface area contributed by atoms with Gasteiger partial charge in [-0.05, 0) is 44.4 Å². The van der Waals surface area contributed by atoms with Gasteiger partial charge in [0.25, 0.3) is 5.91 Å². The van der Waals surface area contributed by atoms with Gasteiger partial charge in [-0.2, -0.15) is 4.31 Å². The Morgan fingerprint density at radius 2 is 1.93 bits per heavy atom. The molecule has 0 unspecified atom stereocenters. The maximum absolute atomic E-state index is 12.8. The van der Waals surface area contributed by atoms with E-state index in [9.17, 15) is 18.0 Å². The van der Waals surface area contributed by atoms with Gasteiger partial charge < -0.3 is 10.1 Å². The molecule has 1 N–H and O–H groups in total. The van der Waals surface area contributed by atoms with Gasteiger partial charge in [0.1, 0.15) is 0 Å². The van der Waals surface area contributed by atoms with Crippen molar-refractivity contribution in [2.45, 2.75) is 56.9 Å². The van der Waals surface area contributed by atoms with Crippen LogP contribution >= 0.6 is 11.6 Å². The van der Waals surface area contributed by atoms with Crippen LogP contribution in [0.4, 0.5) is 0 Å². The van der Waals surface area contributed by atoms with Crippen molar-refractivity contribution in [2.24, 2.45) is 0 Å². The van der Waals surface area contributed by atoms with Crippen molar-refractivity contribution in [2.75, 3.05) is 19.7 Å². The number of ether oxygens (including phenoxy) is 1. The van der Waals surface area contributed by atoms with Gasteiger partial charge in [-0.3, -0.25) is 4.79 Å². The van der Waals surface area contributed by atoms with E-state index in [0.717, 1.165) is 32.1 Å². The van der Waals surface area contributed by atoms with Crippen LogP contribution < -0.4 is 5.32 Å². The standard InChI is InChI=1S/C19H27ClN2O5S/c1-3-7-14(2)21-18(23)13-27-19(24)16-12-15(8-9-17(16)20)28(25,26)22-10-5-4-6-11-22/h8-9,12,14H,3-7,10-11,13H2,1-2H3,(H,21,23)/t14-/m1/s1. The molecule has 156 valence electrons. The zero-order valence-electron chi connectivity index (χ0n) is 16.2. The first-order valence-electron chi connectivity index (χ1n) is 9.52. The number of nitrogens with zero attached hydrogens (tertiary/aromatic N) is 1. The predicted octanol–water partition coefficient (Wildman–Crippen LogP) is 2.98. The number of amides is 1. The second kappa shape index (κ2) is 10.2. The third-order valence-electron chi connectivity index (χ3n) is 4.57. The molecular formula is C19H27ClN2O5S. The Kier molecular flexibility index (Phi) is 8.27. The largest absolute Gasteiger partial charge is 0.452 e. The molecule has 1 aliphatic rings. The van der Waals surface area contributed by atoms with E-state index in [4.69, 9.17) is 16.3 Å². The first-order chi connectivity index (χ1) is 13.3.